The van der Waals surface area contributed by atoms with Gasteiger partial charge in [0.25, 0.3) is 0 Å². The first-order valence-corrected chi connectivity index (χ1v) is 27.8. The lowest BCUT2D eigenvalue weighted by atomic mass is 10.0. The van der Waals surface area contributed by atoms with E-state index in [1.807, 2.05) is 6.08 Å². The summed E-state index contributed by atoms with van der Waals surface area (Å²) >= 11 is 0. The monoisotopic (exact) mass is 886 g/mol. The van der Waals surface area contributed by atoms with Crippen LogP contribution in [0.15, 0.2) is 36.5 Å². The van der Waals surface area contributed by atoms with Gasteiger partial charge in [-0.3, -0.25) is 9.59 Å². The number of carbonyl (C=O) groups is 2. The predicted molar refractivity (Wildman–Crippen MR) is 273 cm³/mol. The van der Waals surface area contributed by atoms with Crippen LogP contribution >= 0.6 is 0 Å². The molecule has 0 aliphatic carbocycles. The van der Waals surface area contributed by atoms with E-state index in [4.69, 9.17) is 4.74 Å². The van der Waals surface area contributed by atoms with Crippen molar-refractivity contribution in [1.29, 1.82) is 0 Å². The zero-order valence-corrected chi connectivity index (χ0v) is 42.1. The second kappa shape index (κ2) is 52.7. The SMILES string of the molecule is CCCCC/C=C\CCCCCCCC(=O)OCCCCCCCCCCCCCC/C=C\CCCCCCCCCC(=O)NC(CO)C(O)/C=C/CCCCCCCCCCC. The third kappa shape index (κ3) is 49.4. The molecule has 63 heavy (non-hydrogen) atoms. The molecule has 0 spiro atoms. The number of hydrogen-bond donors (Lipinski definition) is 3. The predicted octanol–water partition coefficient (Wildman–Crippen LogP) is 16.9. The molecule has 0 heterocycles. The summed E-state index contributed by atoms with van der Waals surface area (Å²) in [7, 11) is 0. The van der Waals surface area contributed by atoms with Gasteiger partial charge in [0.15, 0.2) is 0 Å². The summed E-state index contributed by atoms with van der Waals surface area (Å²) in [4.78, 5) is 24.4. The first-order valence-electron chi connectivity index (χ1n) is 27.8. The van der Waals surface area contributed by atoms with Crippen LogP contribution < -0.4 is 5.32 Å². The van der Waals surface area contributed by atoms with Gasteiger partial charge >= 0.3 is 5.97 Å². The van der Waals surface area contributed by atoms with Gasteiger partial charge in [-0.25, -0.2) is 0 Å². The van der Waals surface area contributed by atoms with Crippen molar-refractivity contribution in [2.45, 2.75) is 302 Å². The van der Waals surface area contributed by atoms with Gasteiger partial charge in [-0.1, -0.05) is 230 Å². The third-order valence-electron chi connectivity index (χ3n) is 12.6. The highest BCUT2D eigenvalue weighted by molar-refractivity contribution is 5.76. The molecule has 0 saturated heterocycles. The van der Waals surface area contributed by atoms with E-state index in [2.05, 4.69) is 43.5 Å². The zero-order valence-electron chi connectivity index (χ0n) is 42.1. The van der Waals surface area contributed by atoms with E-state index in [1.54, 1.807) is 6.08 Å². The number of hydrogen-bond acceptors (Lipinski definition) is 5. The molecule has 0 saturated carbocycles. The molecule has 6 nitrogen and oxygen atoms in total. The average molecular weight is 886 g/mol. The van der Waals surface area contributed by atoms with Gasteiger partial charge in [-0.15, -0.1) is 0 Å². The molecule has 370 valence electrons. The average Bonchev–Trinajstić information content (AvgIpc) is 3.28. The number of carbonyl (C=O) groups excluding carboxylic acids is 2. The van der Waals surface area contributed by atoms with Crippen LogP contribution in [0.25, 0.3) is 0 Å². The molecule has 0 aromatic rings. The normalized spacial score (nSPS) is 12.9. The first kappa shape index (κ1) is 61.1. The van der Waals surface area contributed by atoms with Crippen LogP contribution in [0.4, 0.5) is 0 Å². The standard InChI is InChI=1S/C57H107NO5/c1-3-5-7-9-11-13-15-31-35-39-43-47-51-57(62)63-52-48-44-40-36-32-28-26-24-22-20-18-16-17-19-21-23-25-27-30-34-38-42-46-50-56(61)58-54(53-59)55(60)49-45-41-37-33-29-14-12-10-8-6-4-2/h11,13,19,21,45,49,54-55,59-60H,3-10,12,14-18,20,22-44,46-48,50-53H2,1-2H3,(H,58,61)/b13-11-,21-19-,49-45+. The largest absolute Gasteiger partial charge is 0.466 e. The maximum Gasteiger partial charge on any atom is 0.305 e. The molecule has 6 heteroatoms. The number of aliphatic hydroxyl groups is 2. The molecule has 0 fully saturated rings. The third-order valence-corrected chi connectivity index (χ3v) is 12.6. The second-order valence-corrected chi connectivity index (χ2v) is 18.9. The molecule has 0 bridgehead atoms. The van der Waals surface area contributed by atoms with Crippen LogP contribution in [0.1, 0.15) is 290 Å². The Hall–Kier alpha value is -1.92. The van der Waals surface area contributed by atoms with Crippen LogP contribution in [0, 0.1) is 0 Å². The molecular weight excluding hydrogens is 779 g/mol. The van der Waals surface area contributed by atoms with E-state index in [0.29, 0.717) is 19.4 Å². The first-order chi connectivity index (χ1) is 31.0. The van der Waals surface area contributed by atoms with Crippen LogP contribution in [0.5, 0.6) is 0 Å². The summed E-state index contributed by atoms with van der Waals surface area (Å²) in [5.74, 6) is -0.0757. The Morgan fingerprint density at radius 2 is 0.746 bits per heavy atom. The highest BCUT2D eigenvalue weighted by Gasteiger charge is 2.18. The molecular formula is C57H107NO5. The molecule has 2 atom stereocenters. The molecule has 0 rings (SSSR count). The van der Waals surface area contributed by atoms with Crippen molar-refractivity contribution < 1.29 is 24.5 Å². The van der Waals surface area contributed by atoms with E-state index in [0.717, 1.165) is 51.4 Å². The lowest BCUT2D eigenvalue weighted by molar-refractivity contribution is -0.143. The number of ether oxygens (including phenoxy) is 1. The minimum atomic E-state index is -0.847. The van der Waals surface area contributed by atoms with Crippen LogP contribution in [0.2, 0.25) is 0 Å². The second-order valence-electron chi connectivity index (χ2n) is 18.9. The highest BCUT2D eigenvalue weighted by Crippen LogP contribution is 2.16. The molecule has 2 unspecified atom stereocenters. The maximum atomic E-state index is 12.4. The Labute approximate surface area is 392 Å². The molecule has 0 radical (unpaired) electrons. The van der Waals surface area contributed by atoms with Crippen molar-refractivity contribution in [3.05, 3.63) is 36.5 Å². The Bertz CT molecular complexity index is 1020. The van der Waals surface area contributed by atoms with Crippen molar-refractivity contribution in [1.82, 2.24) is 5.32 Å². The summed E-state index contributed by atoms with van der Waals surface area (Å²) in [6.45, 7) is 4.86. The van der Waals surface area contributed by atoms with E-state index in [-0.39, 0.29) is 18.5 Å². The molecule has 3 N–H and O–H groups in total. The number of allylic oxidation sites excluding steroid dienone is 5. The minimum Gasteiger partial charge on any atom is -0.466 e. The van der Waals surface area contributed by atoms with E-state index in [9.17, 15) is 19.8 Å². The Balaban J connectivity index is 3.42. The van der Waals surface area contributed by atoms with Gasteiger partial charge < -0.3 is 20.3 Å². The fourth-order valence-electron chi connectivity index (χ4n) is 8.33. The number of aliphatic hydroxyl groups excluding tert-OH is 2. The fourth-order valence-corrected chi connectivity index (χ4v) is 8.33. The number of amides is 1. The van der Waals surface area contributed by atoms with E-state index in [1.165, 1.54) is 212 Å². The van der Waals surface area contributed by atoms with Gasteiger partial charge in [0.05, 0.1) is 25.4 Å². The fraction of sp³-hybridized carbons (Fsp3) is 0.860. The molecule has 0 aliphatic rings. The van der Waals surface area contributed by atoms with Gasteiger partial charge in [0.2, 0.25) is 5.91 Å². The quantitative estimate of drug-likeness (QED) is 0.0321. The Morgan fingerprint density at radius 1 is 0.429 bits per heavy atom. The summed E-state index contributed by atoms with van der Waals surface area (Å²) < 4.78 is 5.46. The number of rotatable bonds is 51. The van der Waals surface area contributed by atoms with Crippen molar-refractivity contribution >= 4 is 11.9 Å². The smallest absolute Gasteiger partial charge is 0.305 e. The van der Waals surface area contributed by atoms with Crippen molar-refractivity contribution in [2.75, 3.05) is 13.2 Å². The van der Waals surface area contributed by atoms with Crippen LogP contribution in [-0.2, 0) is 14.3 Å². The minimum absolute atomic E-state index is 0.000268. The maximum absolute atomic E-state index is 12.4. The summed E-state index contributed by atoms with van der Waals surface area (Å²) in [6, 6.07) is -0.631. The molecule has 0 aromatic carbocycles. The van der Waals surface area contributed by atoms with Gasteiger partial charge in [0.1, 0.15) is 0 Å². The van der Waals surface area contributed by atoms with Gasteiger partial charge in [0, 0.05) is 12.8 Å². The molecule has 0 aliphatic heterocycles. The molecule has 0 aromatic heterocycles. The summed E-state index contributed by atoms with van der Waals surface area (Å²) in [6.07, 6.45) is 64.5. The van der Waals surface area contributed by atoms with Gasteiger partial charge in [-0.05, 0) is 83.5 Å². The number of unbranched alkanes of at least 4 members (excludes halogenated alkanes) is 36. The van der Waals surface area contributed by atoms with E-state index >= 15 is 0 Å². The van der Waals surface area contributed by atoms with E-state index < -0.39 is 12.1 Å². The van der Waals surface area contributed by atoms with Crippen molar-refractivity contribution in [3.8, 4) is 0 Å². The Morgan fingerprint density at radius 3 is 1.16 bits per heavy atom. The lowest BCUT2D eigenvalue weighted by Crippen LogP contribution is -2.45. The molecule has 1 amide bonds. The number of nitrogens with one attached hydrogen (secondary N) is 1. The van der Waals surface area contributed by atoms with Gasteiger partial charge in [-0.2, -0.15) is 0 Å². The van der Waals surface area contributed by atoms with Crippen LogP contribution in [-0.4, -0.2) is 47.4 Å². The summed E-state index contributed by atoms with van der Waals surface area (Å²) in [5, 5.41) is 23.0. The Kier molecular flexibility index (Phi) is 51.1. The lowest BCUT2D eigenvalue weighted by Gasteiger charge is -2.20. The zero-order chi connectivity index (χ0) is 45.8. The van der Waals surface area contributed by atoms with Crippen LogP contribution in [0.3, 0.4) is 0 Å². The number of esters is 1. The van der Waals surface area contributed by atoms with Crippen molar-refractivity contribution in [3.63, 3.8) is 0 Å². The highest BCUT2D eigenvalue weighted by atomic mass is 16.5. The van der Waals surface area contributed by atoms with Crippen molar-refractivity contribution in [2.24, 2.45) is 0 Å². The topological polar surface area (TPSA) is 95.9 Å². The summed E-state index contributed by atoms with van der Waals surface area (Å²) in [5.41, 5.74) is 0.